The molecule has 1 aromatic rings. The van der Waals surface area contributed by atoms with Crippen LogP contribution < -0.4 is 10.5 Å². The second-order valence-electron chi connectivity index (χ2n) is 9.60. The molecule has 6 heteroatoms. The monoisotopic (exact) mass is 430 g/mol. The van der Waals surface area contributed by atoms with E-state index in [4.69, 9.17) is 15.2 Å². The number of nitrogens with two attached hydrogens (primary N) is 1. The lowest BCUT2D eigenvalue weighted by atomic mass is 9.51. The molecule has 5 rings (SSSR count). The van der Waals surface area contributed by atoms with Gasteiger partial charge in [0.15, 0.2) is 0 Å². The quantitative estimate of drug-likeness (QED) is 0.707. The number of likely N-dealkylation sites (tertiary alicyclic amines) is 1. The summed E-state index contributed by atoms with van der Waals surface area (Å²) in [5.41, 5.74) is 7.25. The van der Waals surface area contributed by atoms with Crippen molar-refractivity contribution in [3.8, 4) is 5.75 Å². The molecule has 0 unspecified atom stereocenters. The van der Waals surface area contributed by atoms with Crippen molar-refractivity contribution in [2.24, 2.45) is 11.1 Å². The highest BCUT2D eigenvalue weighted by molar-refractivity contribution is 5.83. The summed E-state index contributed by atoms with van der Waals surface area (Å²) in [6, 6.07) is 8.22. The fraction of sp³-hybridized carbons (Fsp3) is 0.640. The second kappa shape index (κ2) is 9.29. The first-order chi connectivity index (χ1) is 15.0. The van der Waals surface area contributed by atoms with E-state index in [0.29, 0.717) is 17.8 Å². The van der Waals surface area contributed by atoms with Crippen LogP contribution in [0.1, 0.15) is 56.9 Å². The fourth-order valence-corrected chi connectivity index (χ4v) is 5.81. The molecule has 31 heavy (non-hydrogen) atoms. The van der Waals surface area contributed by atoms with Crippen molar-refractivity contribution >= 4 is 5.91 Å². The number of halogens is 1. The molecule has 1 atom stereocenters. The molecular formula is C25H35FN2O3. The number of methoxy groups -OCH3 is 1. The van der Waals surface area contributed by atoms with Crippen molar-refractivity contribution in [1.29, 1.82) is 0 Å². The maximum absolute atomic E-state index is 13.5. The summed E-state index contributed by atoms with van der Waals surface area (Å²) in [5.74, 6) is 1.09. The van der Waals surface area contributed by atoms with Crippen molar-refractivity contribution in [2.75, 3.05) is 33.4 Å². The highest BCUT2D eigenvalue weighted by Crippen LogP contribution is 2.58. The minimum atomic E-state index is -0.169. The highest BCUT2D eigenvalue weighted by Gasteiger charge is 2.54. The molecule has 4 aliphatic rings. The van der Waals surface area contributed by atoms with E-state index < -0.39 is 0 Å². The Balaban J connectivity index is 1.39. The zero-order chi connectivity index (χ0) is 21.9. The van der Waals surface area contributed by atoms with Gasteiger partial charge in [-0.3, -0.25) is 4.79 Å². The van der Waals surface area contributed by atoms with E-state index in [1.54, 1.807) is 7.11 Å². The van der Waals surface area contributed by atoms with Crippen LogP contribution in [0.5, 0.6) is 5.75 Å². The van der Waals surface area contributed by atoms with E-state index in [0.717, 1.165) is 70.2 Å². The van der Waals surface area contributed by atoms with Gasteiger partial charge in [0.2, 0.25) is 5.91 Å². The number of fused-ring (bicyclic) bond motifs is 3. The van der Waals surface area contributed by atoms with Crippen molar-refractivity contribution in [3.05, 3.63) is 41.7 Å². The summed E-state index contributed by atoms with van der Waals surface area (Å²) in [6.07, 6.45) is 8.87. The Labute approximate surface area is 184 Å². The standard InChI is InChI=1S/C25H35FN2O3/c1-30-22-3-2-14-28(17-22)23(29)25-11-8-24(9-12-25,10-13-25)20-4-6-21(7-5-20)31-18-19(15-26)16-27/h4-7,15,22H,2-3,8-14,16-18,27H2,1H3/b19-15+/t22-,24?,25?/m0/s1. The van der Waals surface area contributed by atoms with Crippen molar-refractivity contribution < 1.29 is 18.7 Å². The Morgan fingerprint density at radius 3 is 2.45 bits per heavy atom. The molecule has 1 saturated heterocycles. The molecular weight excluding hydrogens is 395 g/mol. The van der Waals surface area contributed by atoms with E-state index in [9.17, 15) is 9.18 Å². The van der Waals surface area contributed by atoms with Crippen LogP contribution in [-0.2, 0) is 14.9 Å². The minimum Gasteiger partial charge on any atom is -0.489 e. The van der Waals surface area contributed by atoms with Crippen molar-refractivity contribution in [3.63, 3.8) is 0 Å². The average molecular weight is 431 g/mol. The summed E-state index contributed by atoms with van der Waals surface area (Å²) < 4.78 is 23.8. The molecule has 3 aliphatic carbocycles. The summed E-state index contributed by atoms with van der Waals surface area (Å²) in [5, 5.41) is 0. The lowest BCUT2D eigenvalue weighted by molar-refractivity contribution is -0.153. The fourth-order valence-electron chi connectivity index (χ4n) is 5.81. The first-order valence-electron chi connectivity index (χ1n) is 11.6. The Morgan fingerprint density at radius 2 is 1.87 bits per heavy atom. The molecule has 4 fully saturated rings. The molecule has 0 spiro atoms. The van der Waals surface area contributed by atoms with Gasteiger partial charge in [0, 0.05) is 37.7 Å². The Bertz CT molecular complexity index is 783. The zero-order valence-electron chi connectivity index (χ0n) is 18.6. The largest absolute Gasteiger partial charge is 0.489 e. The summed E-state index contributed by atoms with van der Waals surface area (Å²) in [4.78, 5) is 15.5. The predicted molar refractivity (Wildman–Crippen MR) is 119 cm³/mol. The van der Waals surface area contributed by atoms with Gasteiger partial charge in [-0.15, -0.1) is 0 Å². The van der Waals surface area contributed by atoms with Crippen LogP contribution in [0.3, 0.4) is 0 Å². The van der Waals surface area contributed by atoms with Crippen LogP contribution in [0, 0.1) is 5.41 Å². The van der Waals surface area contributed by atoms with Gasteiger partial charge < -0.3 is 20.1 Å². The number of amides is 1. The van der Waals surface area contributed by atoms with Crippen LogP contribution in [0.4, 0.5) is 4.39 Å². The van der Waals surface area contributed by atoms with Crippen LogP contribution in [-0.4, -0.2) is 50.3 Å². The Kier molecular flexibility index (Phi) is 6.68. The first kappa shape index (κ1) is 22.3. The smallest absolute Gasteiger partial charge is 0.228 e. The van der Waals surface area contributed by atoms with Crippen LogP contribution in [0.2, 0.25) is 0 Å². The van der Waals surface area contributed by atoms with Crippen LogP contribution in [0.15, 0.2) is 36.2 Å². The van der Waals surface area contributed by atoms with E-state index in [1.165, 1.54) is 5.56 Å². The topological polar surface area (TPSA) is 64.8 Å². The van der Waals surface area contributed by atoms with E-state index >= 15 is 0 Å². The van der Waals surface area contributed by atoms with E-state index in [1.807, 2.05) is 12.1 Å². The van der Waals surface area contributed by atoms with E-state index in [-0.39, 0.29) is 30.1 Å². The summed E-state index contributed by atoms with van der Waals surface area (Å²) >= 11 is 0. The molecule has 2 bridgehead atoms. The number of benzene rings is 1. The molecule has 1 aromatic carbocycles. The average Bonchev–Trinajstić information content (AvgIpc) is 2.85. The van der Waals surface area contributed by atoms with Gasteiger partial charge in [-0.2, -0.15) is 0 Å². The van der Waals surface area contributed by atoms with Crippen LogP contribution >= 0.6 is 0 Å². The molecule has 1 amide bonds. The van der Waals surface area contributed by atoms with Gasteiger partial charge in [-0.1, -0.05) is 12.1 Å². The third kappa shape index (κ3) is 4.37. The first-order valence-corrected chi connectivity index (χ1v) is 11.6. The number of carbonyl (C=O) groups excluding carboxylic acids is 1. The van der Waals surface area contributed by atoms with Gasteiger partial charge in [0.25, 0.3) is 0 Å². The molecule has 5 nitrogen and oxygen atoms in total. The maximum atomic E-state index is 13.5. The van der Waals surface area contributed by atoms with Gasteiger partial charge in [-0.25, -0.2) is 4.39 Å². The SMILES string of the molecule is CO[C@H]1CCCN(C(=O)C23CCC(c4ccc(OC/C(=C/F)CN)cc4)(CC2)CC3)C1. The second-order valence-corrected chi connectivity index (χ2v) is 9.60. The molecule has 170 valence electrons. The lowest BCUT2D eigenvalue weighted by Gasteiger charge is -2.54. The van der Waals surface area contributed by atoms with E-state index in [2.05, 4.69) is 17.0 Å². The zero-order valence-corrected chi connectivity index (χ0v) is 18.6. The predicted octanol–water partition coefficient (Wildman–Crippen LogP) is 4.11. The molecule has 0 radical (unpaired) electrons. The minimum absolute atomic E-state index is 0.154. The number of rotatable bonds is 7. The Morgan fingerprint density at radius 1 is 1.19 bits per heavy atom. The number of hydrogen-bond donors (Lipinski definition) is 1. The third-order valence-electron chi connectivity index (χ3n) is 8.01. The van der Waals surface area contributed by atoms with Gasteiger partial charge in [0.05, 0.1) is 12.4 Å². The van der Waals surface area contributed by atoms with Crippen molar-refractivity contribution in [2.45, 2.75) is 62.9 Å². The number of hydrogen-bond acceptors (Lipinski definition) is 4. The molecule has 1 heterocycles. The molecule has 2 N–H and O–H groups in total. The highest BCUT2D eigenvalue weighted by atomic mass is 19.1. The summed E-state index contributed by atoms with van der Waals surface area (Å²) in [6.45, 7) is 1.94. The summed E-state index contributed by atoms with van der Waals surface area (Å²) in [7, 11) is 1.75. The number of nitrogens with zero attached hydrogens (tertiary/aromatic N) is 1. The molecule has 3 saturated carbocycles. The Hall–Kier alpha value is -1.92. The maximum Gasteiger partial charge on any atom is 0.228 e. The third-order valence-corrected chi connectivity index (χ3v) is 8.01. The molecule has 1 aliphatic heterocycles. The normalized spacial score (nSPS) is 31.0. The van der Waals surface area contributed by atoms with Crippen molar-refractivity contribution in [1.82, 2.24) is 4.90 Å². The van der Waals surface area contributed by atoms with Gasteiger partial charge >= 0.3 is 0 Å². The molecule has 0 aromatic heterocycles. The van der Waals surface area contributed by atoms with Crippen LogP contribution in [0.25, 0.3) is 0 Å². The van der Waals surface area contributed by atoms with Gasteiger partial charge in [0.1, 0.15) is 12.4 Å². The number of carbonyl (C=O) groups is 1. The number of ether oxygens (including phenoxy) is 2. The van der Waals surface area contributed by atoms with Gasteiger partial charge in [-0.05, 0) is 74.5 Å². The lowest BCUT2D eigenvalue weighted by Crippen LogP contribution is -2.55. The number of piperidine rings is 1.